The number of ether oxygens (including phenoxy) is 3. The van der Waals surface area contributed by atoms with Crippen molar-refractivity contribution in [3.05, 3.63) is 48.6 Å². The van der Waals surface area contributed by atoms with Gasteiger partial charge in [-0.2, -0.15) is 0 Å². The van der Waals surface area contributed by atoms with E-state index in [0.29, 0.717) is 19.3 Å². The van der Waals surface area contributed by atoms with E-state index >= 15 is 0 Å². The molecule has 0 spiro atoms. The van der Waals surface area contributed by atoms with Gasteiger partial charge in [0.1, 0.15) is 13.2 Å². The van der Waals surface area contributed by atoms with Crippen LogP contribution in [0.25, 0.3) is 0 Å². The molecule has 438 valence electrons. The monoisotopic (exact) mass is 1050 g/mol. The minimum Gasteiger partial charge on any atom is -0.462 e. The first-order valence-corrected chi connectivity index (χ1v) is 33.1. The van der Waals surface area contributed by atoms with Crippen molar-refractivity contribution in [3.8, 4) is 0 Å². The summed E-state index contributed by atoms with van der Waals surface area (Å²) in [5, 5.41) is 0. The zero-order valence-electron chi connectivity index (χ0n) is 50.3. The summed E-state index contributed by atoms with van der Waals surface area (Å²) in [6, 6.07) is 0. The lowest BCUT2D eigenvalue weighted by atomic mass is 10.1. The van der Waals surface area contributed by atoms with E-state index in [1.807, 2.05) is 0 Å². The first kappa shape index (κ1) is 72.4. The molecule has 0 radical (unpaired) electrons. The number of carbonyl (C=O) groups is 3. The predicted molar refractivity (Wildman–Crippen MR) is 325 cm³/mol. The molecule has 0 saturated heterocycles. The molecule has 1 unspecified atom stereocenters. The number of allylic oxidation sites excluding steroid dienone is 8. The van der Waals surface area contributed by atoms with E-state index < -0.39 is 6.10 Å². The fourth-order valence-electron chi connectivity index (χ4n) is 9.76. The van der Waals surface area contributed by atoms with Gasteiger partial charge in [-0.3, -0.25) is 14.4 Å². The Labute approximate surface area is 467 Å². The van der Waals surface area contributed by atoms with Gasteiger partial charge in [-0.05, 0) is 103 Å². The Morgan fingerprint density at radius 2 is 0.480 bits per heavy atom. The Bertz CT molecular complexity index is 1300. The van der Waals surface area contributed by atoms with Crippen molar-refractivity contribution in [1.82, 2.24) is 0 Å². The highest BCUT2D eigenvalue weighted by Gasteiger charge is 2.19. The van der Waals surface area contributed by atoms with E-state index in [4.69, 9.17) is 14.2 Å². The molecule has 0 aromatic rings. The van der Waals surface area contributed by atoms with E-state index in [9.17, 15) is 14.4 Å². The van der Waals surface area contributed by atoms with Crippen LogP contribution in [0.4, 0.5) is 0 Å². The van der Waals surface area contributed by atoms with E-state index in [0.717, 1.165) is 64.2 Å². The Balaban J connectivity index is 4.35. The summed E-state index contributed by atoms with van der Waals surface area (Å²) in [5.74, 6) is -0.864. The lowest BCUT2D eigenvalue weighted by Crippen LogP contribution is -2.30. The standard InChI is InChI=1S/C69H126O6/c1-4-7-10-13-16-19-22-25-28-31-33-34-36-38-41-44-47-50-53-56-59-62-68(71)74-65-66(64-73-67(70)61-58-55-52-49-46-43-40-37-30-27-24-21-18-15-12-9-6-3)75-69(72)63-60-57-54-51-48-45-42-39-35-32-29-26-23-20-17-14-11-8-5-2/h22,25-27,29-31,33,66H,4-21,23-24,28,32,34-65H2,1-3H3/b25-22-,29-26-,30-27-,33-31-. The number of hydrogen-bond acceptors (Lipinski definition) is 6. The topological polar surface area (TPSA) is 78.9 Å². The van der Waals surface area contributed by atoms with Crippen LogP contribution in [-0.4, -0.2) is 37.2 Å². The maximum atomic E-state index is 12.9. The largest absolute Gasteiger partial charge is 0.462 e. The summed E-state index contributed by atoms with van der Waals surface area (Å²) in [4.78, 5) is 38.4. The molecular formula is C69H126O6. The van der Waals surface area contributed by atoms with Gasteiger partial charge in [0.15, 0.2) is 6.10 Å². The normalized spacial score (nSPS) is 12.3. The second-order valence-corrected chi connectivity index (χ2v) is 22.4. The van der Waals surface area contributed by atoms with Gasteiger partial charge in [0, 0.05) is 19.3 Å². The maximum absolute atomic E-state index is 12.9. The SMILES string of the molecule is CCCCCCC/C=C\C/C=C\CCCCCCCCCCCC(=O)OCC(COC(=O)CCCCCCCCC/C=C\CCCCCCCC)OC(=O)CCCCCCCCCCC/C=C\CCCCCCCC. The summed E-state index contributed by atoms with van der Waals surface area (Å²) in [5.41, 5.74) is 0. The number of hydrogen-bond donors (Lipinski definition) is 0. The molecule has 0 heterocycles. The smallest absolute Gasteiger partial charge is 0.306 e. The van der Waals surface area contributed by atoms with Crippen LogP contribution in [0.15, 0.2) is 48.6 Å². The molecule has 75 heavy (non-hydrogen) atoms. The van der Waals surface area contributed by atoms with E-state index in [1.54, 1.807) is 0 Å². The van der Waals surface area contributed by atoms with Crippen LogP contribution in [0.1, 0.15) is 355 Å². The summed E-state index contributed by atoms with van der Waals surface area (Å²) in [6.45, 7) is 6.67. The van der Waals surface area contributed by atoms with Gasteiger partial charge in [0.05, 0.1) is 0 Å². The summed E-state index contributed by atoms with van der Waals surface area (Å²) in [6.07, 6.45) is 79.7. The third-order valence-corrected chi connectivity index (χ3v) is 14.8. The Morgan fingerprint density at radius 1 is 0.267 bits per heavy atom. The molecule has 1 atom stereocenters. The molecule has 0 bridgehead atoms. The Hall–Kier alpha value is -2.63. The van der Waals surface area contributed by atoms with Gasteiger partial charge >= 0.3 is 17.9 Å². The summed E-state index contributed by atoms with van der Waals surface area (Å²) in [7, 11) is 0. The second kappa shape index (κ2) is 63.9. The molecule has 0 saturated carbocycles. The molecule has 0 N–H and O–H groups in total. The van der Waals surface area contributed by atoms with Crippen molar-refractivity contribution in [3.63, 3.8) is 0 Å². The number of carbonyl (C=O) groups excluding carboxylic acids is 3. The molecule has 0 aliphatic carbocycles. The minimum absolute atomic E-state index is 0.0750. The quantitative estimate of drug-likeness (QED) is 0.0261. The van der Waals surface area contributed by atoms with Crippen LogP contribution < -0.4 is 0 Å². The van der Waals surface area contributed by atoms with Crippen LogP contribution in [0, 0.1) is 0 Å². The van der Waals surface area contributed by atoms with Crippen molar-refractivity contribution in [2.24, 2.45) is 0 Å². The number of esters is 3. The molecule has 0 amide bonds. The van der Waals surface area contributed by atoms with Crippen molar-refractivity contribution in [1.29, 1.82) is 0 Å². The highest BCUT2D eigenvalue weighted by Crippen LogP contribution is 2.17. The van der Waals surface area contributed by atoms with Gasteiger partial charge < -0.3 is 14.2 Å². The van der Waals surface area contributed by atoms with Crippen molar-refractivity contribution < 1.29 is 28.6 Å². The third kappa shape index (κ3) is 62.1. The van der Waals surface area contributed by atoms with Gasteiger partial charge in [-0.15, -0.1) is 0 Å². The maximum Gasteiger partial charge on any atom is 0.306 e. The molecule has 0 fully saturated rings. The molecular weight excluding hydrogens is 925 g/mol. The highest BCUT2D eigenvalue weighted by atomic mass is 16.6. The fourth-order valence-corrected chi connectivity index (χ4v) is 9.76. The van der Waals surface area contributed by atoms with Crippen molar-refractivity contribution in [2.45, 2.75) is 361 Å². The molecule has 6 heteroatoms. The van der Waals surface area contributed by atoms with E-state index in [2.05, 4.69) is 69.4 Å². The molecule has 0 rings (SSSR count). The van der Waals surface area contributed by atoms with Crippen LogP contribution >= 0.6 is 0 Å². The van der Waals surface area contributed by atoms with Crippen LogP contribution in [-0.2, 0) is 28.6 Å². The predicted octanol–water partition coefficient (Wildman–Crippen LogP) is 22.6. The highest BCUT2D eigenvalue weighted by molar-refractivity contribution is 5.71. The zero-order chi connectivity index (χ0) is 54.3. The first-order valence-electron chi connectivity index (χ1n) is 33.1. The Morgan fingerprint density at radius 3 is 0.747 bits per heavy atom. The summed E-state index contributed by atoms with van der Waals surface area (Å²) < 4.78 is 17.0. The van der Waals surface area contributed by atoms with E-state index in [1.165, 1.54) is 250 Å². The van der Waals surface area contributed by atoms with Crippen LogP contribution in [0.3, 0.4) is 0 Å². The third-order valence-electron chi connectivity index (χ3n) is 14.8. The average Bonchev–Trinajstić information content (AvgIpc) is 3.41. The number of unbranched alkanes of at least 4 members (excludes halogenated alkanes) is 42. The van der Waals surface area contributed by atoms with Crippen molar-refractivity contribution in [2.75, 3.05) is 13.2 Å². The molecule has 6 nitrogen and oxygen atoms in total. The fraction of sp³-hybridized carbons (Fsp3) is 0.841. The van der Waals surface area contributed by atoms with Gasteiger partial charge in [0.2, 0.25) is 0 Å². The minimum atomic E-state index is -0.778. The first-order chi connectivity index (χ1) is 37.0. The van der Waals surface area contributed by atoms with Gasteiger partial charge in [-0.25, -0.2) is 0 Å². The number of rotatable bonds is 61. The molecule has 0 aliphatic rings. The Kier molecular flexibility index (Phi) is 61.7. The molecule has 0 aromatic carbocycles. The van der Waals surface area contributed by atoms with E-state index in [-0.39, 0.29) is 31.1 Å². The summed E-state index contributed by atoms with van der Waals surface area (Å²) >= 11 is 0. The lowest BCUT2D eigenvalue weighted by molar-refractivity contribution is -0.167. The molecule has 0 aromatic heterocycles. The van der Waals surface area contributed by atoms with Crippen LogP contribution in [0.2, 0.25) is 0 Å². The van der Waals surface area contributed by atoms with Crippen LogP contribution in [0.5, 0.6) is 0 Å². The van der Waals surface area contributed by atoms with Crippen molar-refractivity contribution >= 4 is 17.9 Å². The second-order valence-electron chi connectivity index (χ2n) is 22.4. The van der Waals surface area contributed by atoms with Gasteiger partial charge in [-0.1, -0.05) is 281 Å². The van der Waals surface area contributed by atoms with Gasteiger partial charge in [0.25, 0.3) is 0 Å². The average molecular weight is 1050 g/mol. The zero-order valence-corrected chi connectivity index (χ0v) is 50.3. The lowest BCUT2D eigenvalue weighted by Gasteiger charge is -2.18. The molecule has 0 aliphatic heterocycles.